The van der Waals surface area contributed by atoms with Crippen LogP contribution in [0.15, 0.2) is 57.5 Å². The maximum atomic E-state index is 6.04. The Morgan fingerprint density at radius 3 is 1.84 bits per heavy atom. The zero-order chi connectivity index (χ0) is 13.8. The van der Waals surface area contributed by atoms with E-state index in [-0.39, 0.29) is 12.1 Å². The zero-order valence-electron chi connectivity index (χ0n) is 10.5. The number of rotatable bonds is 4. The third-order valence-corrected chi connectivity index (χ3v) is 3.81. The average molecular weight is 385 g/mol. The van der Waals surface area contributed by atoms with Crippen LogP contribution in [0.2, 0.25) is 0 Å². The molecule has 0 heterocycles. The van der Waals surface area contributed by atoms with Gasteiger partial charge in [0, 0.05) is 15.0 Å². The fourth-order valence-corrected chi connectivity index (χ4v) is 2.32. The van der Waals surface area contributed by atoms with E-state index in [9.17, 15) is 0 Å². The first-order chi connectivity index (χ1) is 9.06. The average Bonchev–Trinajstić information content (AvgIpc) is 2.39. The third-order valence-electron chi connectivity index (χ3n) is 2.75. The van der Waals surface area contributed by atoms with Gasteiger partial charge in [-0.25, -0.2) is 0 Å². The zero-order valence-corrected chi connectivity index (χ0v) is 13.7. The number of hydrogen-bond donors (Lipinski definition) is 1. The first-order valence-electron chi connectivity index (χ1n) is 5.99. The second kappa shape index (κ2) is 6.55. The van der Waals surface area contributed by atoms with Crippen molar-refractivity contribution in [1.82, 2.24) is 0 Å². The van der Waals surface area contributed by atoms with Gasteiger partial charge in [0.1, 0.15) is 11.9 Å². The van der Waals surface area contributed by atoms with E-state index in [1.807, 2.05) is 55.5 Å². The SMILES string of the molecule is CC(N)C(Oc1ccc(Br)cc1)c1ccc(Br)cc1. The monoisotopic (exact) mass is 383 g/mol. The number of nitrogens with two attached hydrogens (primary N) is 1. The summed E-state index contributed by atoms with van der Waals surface area (Å²) in [5.74, 6) is 0.813. The van der Waals surface area contributed by atoms with Crippen molar-refractivity contribution in [1.29, 1.82) is 0 Å². The van der Waals surface area contributed by atoms with Gasteiger partial charge in [-0.05, 0) is 48.9 Å². The lowest BCUT2D eigenvalue weighted by atomic mass is 10.0. The van der Waals surface area contributed by atoms with Crippen LogP contribution in [0.4, 0.5) is 0 Å². The van der Waals surface area contributed by atoms with Crippen molar-refractivity contribution in [3.63, 3.8) is 0 Å². The van der Waals surface area contributed by atoms with Crippen molar-refractivity contribution in [2.45, 2.75) is 19.1 Å². The Kier molecular flexibility index (Phi) is 5.02. The summed E-state index contributed by atoms with van der Waals surface area (Å²) in [5, 5.41) is 0. The highest BCUT2D eigenvalue weighted by Crippen LogP contribution is 2.26. The van der Waals surface area contributed by atoms with Crippen molar-refractivity contribution in [3.8, 4) is 5.75 Å². The molecule has 0 fully saturated rings. The van der Waals surface area contributed by atoms with E-state index in [4.69, 9.17) is 10.5 Å². The summed E-state index contributed by atoms with van der Waals surface area (Å²) in [6.45, 7) is 1.95. The highest BCUT2D eigenvalue weighted by Gasteiger charge is 2.18. The molecule has 2 aromatic carbocycles. The molecule has 2 unspecified atom stereocenters. The molecule has 2 N–H and O–H groups in total. The van der Waals surface area contributed by atoms with E-state index in [1.54, 1.807) is 0 Å². The van der Waals surface area contributed by atoms with Crippen LogP contribution < -0.4 is 10.5 Å². The van der Waals surface area contributed by atoms with Crippen LogP contribution in [0.5, 0.6) is 5.75 Å². The first-order valence-corrected chi connectivity index (χ1v) is 7.58. The van der Waals surface area contributed by atoms with Crippen molar-refractivity contribution < 1.29 is 4.74 Å². The Labute approximate surface area is 130 Å². The molecule has 2 rings (SSSR count). The van der Waals surface area contributed by atoms with Crippen molar-refractivity contribution in [2.75, 3.05) is 0 Å². The molecule has 2 aromatic rings. The second-order valence-corrected chi connectivity index (χ2v) is 6.23. The predicted octanol–water partition coefficient (Wildman–Crippen LogP) is 4.68. The van der Waals surface area contributed by atoms with Crippen LogP contribution in [-0.2, 0) is 0 Å². The normalized spacial score (nSPS) is 13.9. The van der Waals surface area contributed by atoms with Crippen LogP contribution >= 0.6 is 31.9 Å². The molecule has 0 saturated carbocycles. The minimum Gasteiger partial charge on any atom is -0.484 e. The number of benzene rings is 2. The fraction of sp³-hybridized carbons (Fsp3) is 0.200. The summed E-state index contributed by atoms with van der Waals surface area (Å²) < 4.78 is 8.07. The van der Waals surface area contributed by atoms with Crippen molar-refractivity contribution in [2.24, 2.45) is 5.73 Å². The Balaban J connectivity index is 2.21. The van der Waals surface area contributed by atoms with Crippen LogP contribution in [-0.4, -0.2) is 6.04 Å². The minimum absolute atomic E-state index is 0.0928. The molecule has 0 radical (unpaired) electrons. The number of hydrogen-bond acceptors (Lipinski definition) is 2. The topological polar surface area (TPSA) is 35.2 Å². The summed E-state index contributed by atoms with van der Waals surface area (Å²) in [7, 11) is 0. The molecule has 0 aromatic heterocycles. The molecule has 0 aliphatic heterocycles. The number of halogens is 2. The van der Waals surface area contributed by atoms with Crippen molar-refractivity contribution in [3.05, 3.63) is 63.0 Å². The Bertz CT molecular complexity index is 523. The molecule has 2 nitrogen and oxygen atoms in total. The molecule has 0 aliphatic carbocycles. The Hall–Kier alpha value is -0.840. The number of ether oxygens (including phenoxy) is 1. The summed E-state index contributed by atoms with van der Waals surface area (Å²) in [6.07, 6.45) is -0.158. The molecule has 100 valence electrons. The molecule has 0 amide bonds. The van der Waals surface area contributed by atoms with Gasteiger partial charge in [0.2, 0.25) is 0 Å². The van der Waals surface area contributed by atoms with Gasteiger partial charge in [-0.1, -0.05) is 44.0 Å². The smallest absolute Gasteiger partial charge is 0.138 e. The standard InChI is InChI=1S/C15H15Br2NO/c1-10(18)15(11-2-4-12(16)5-3-11)19-14-8-6-13(17)7-9-14/h2-10,15H,18H2,1H3. The molecule has 4 heteroatoms. The lowest BCUT2D eigenvalue weighted by molar-refractivity contribution is 0.180. The van der Waals surface area contributed by atoms with E-state index < -0.39 is 0 Å². The second-order valence-electron chi connectivity index (χ2n) is 4.40. The van der Waals surface area contributed by atoms with Crippen LogP contribution in [0.3, 0.4) is 0 Å². The molecule has 0 bridgehead atoms. The van der Waals surface area contributed by atoms with Gasteiger partial charge in [-0.15, -0.1) is 0 Å². The minimum atomic E-state index is -0.158. The summed E-state index contributed by atoms with van der Waals surface area (Å²) in [6, 6.07) is 15.7. The van der Waals surface area contributed by atoms with Crippen LogP contribution in [0, 0.1) is 0 Å². The van der Waals surface area contributed by atoms with E-state index in [1.165, 1.54) is 0 Å². The molecule has 0 saturated heterocycles. The maximum Gasteiger partial charge on any atom is 0.138 e. The Morgan fingerprint density at radius 2 is 1.37 bits per heavy atom. The van der Waals surface area contributed by atoms with Gasteiger partial charge in [0.25, 0.3) is 0 Å². The first kappa shape index (κ1) is 14.6. The van der Waals surface area contributed by atoms with Crippen LogP contribution in [0.1, 0.15) is 18.6 Å². The van der Waals surface area contributed by atoms with Gasteiger partial charge in [0.15, 0.2) is 0 Å². The van der Waals surface area contributed by atoms with Gasteiger partial charge < -0.3 is 10.5 Å². The summed E-state index contributed by atoms with van der Waals surface area (Å²) in [5.41, 5.74) is 7.11. The predicted molar refractivity (Wildman–Crippen MR) is 85.3 cm³/mol. The molecule has 2 atom stereocenters. The highest BCUT2D eigenvalue weighted by molar-refractivity contribution is 9.10. The van der Waals surface area contributed by atoms with E-state index in [0.717, 1.165) is 20.3 Å². The molecule has 19 heavy (non-hydrogen) atoms. The highest BCUT2D eigenvalue weighted by atomic mass is 79.9. The lowest BCUT2D eigenvalue weighted by Gasteiger charge is -2.23. The molecular formula is C15H15Br2NO. The van der Waals surface area contributed by atoms with E-state index in [0.29, 0.717) is 0 Å². The fourth-order valence-electron chi connectivity index (χ4n) is 1.79. The molecular weight excluding hydrogens is 370 g/mol. The quantitative estimate of drug-likeness (QED) is 0.830. The maximum absolute atomic E-state index is 6.04. The largest absolute Gasteiger partial charge is 0.484 e. The van der Waals surface area contributed by atoms with Gasteiger partial charge in [-0.3, -0.25) is 0 Å². The van der Waals surface area contributed by atoms with Crippen molar-refractivity contribution >= 4 is 31.9 Å². The van der Waals surface area contributed by atoms with Gasteiger partial charge in [-0.2, -0.15) is 0 Å². The third kappa shape index (κ3) is 4.06. The summed E-state index contributed by atoms with van der Waals surface area (Å²) >= 11 is 6.84. The van der Waals surface area contributed by atoms with Gasteiger partial charge in [0.05, 0.1) is 0 Å². The molecule has 0 aliphatic rings. The van der Waals surface area contributed by atoms with E-state index in [2.05, 4.69) is 31.9 Å². The Morgan fingerprint density at radius 1 is 0.895 bits per heavy atom. The van der Waals surface area contributed by atoms with Gasteiger partial charge >= 0.3 is 0 Å². The lowest BCUT2D eigenvalue weighted by Crippen LogP contribution is -2.29. The molecule has 0 spiro atoms. The van der Waals surface area contributed by atoms with Crippen LogP contribution in [0.25, 0.3) is 0 Å². The summed E-state index contributed by atoms with van der Waals surface area (Å²) in [4.78, 5) is 0. The van der Waals surface area contributed by atoms with E-state index >= 15 is 0 Å².